The molecule has 0 bridgehead atoms. The molecule has 3 rings (SSSR count). The molecule has 0 saturated carbocycles. The zero-order chi connectivity index (χ0) is 20.8. The van der Waals surface area contributed by atoms with Gasteiger partial charge in [0.1, 0.15) is 5.82 Å². The molecule has 152 valence electrons. The van der Waals surface area contributed by atoms with E-state index in [2.05, 4.69) is 16.6 Å². The number of halogens is 1. The molecule has 0 aromatic heterocycles. The fourth-order valence-corrected chi connectivity index (χ4v) is 3.34. The third-order valence-corrected chi connectivity index (χ3v) is 5.15. The minimum Gasteiger partial charge on any atom is -0.465 e. The lowest BCUT2D eigenvalue weighted by Crippen LogP contribution is -2.46. The number of esters is 1. The molecular formula is C23H25FN2O3. The summed E-state index contributed by atoms with van der Waals surface area (Å²) in [4.78, 5) is 28.2. The number of benzene rings is 2. The van der Waals surface area contributed by atoms with E-state index >= 15 is 0 Å². The van der Waals surface area contributed by atoms with Gasteiger partial charge >= 0.3 is 5.97 Å². The van der Waals surface area contributed by atoms with Gasteiger partial charge in [0, 0.05) is 31.7 Å². The summed E-state index contributed by atoms with van der Waals surface area (Å²) >= 11 is 0. The Morgan fingerprint density at radius 1 is 1.03 bits per heavy atom. The molecule has 1 fully saturated rings. The largest absolute Gasteiger partial charge is 0.465 e. The Morgan fingerprint density at radius 2 is 1.69 bits per heavy atom. The van der Waals surface area contributed by atoms with E-state index in [9.17, 15) is 14.0 Å². The second-order valence-corrected chi connectivity index (χ2v) is 6.90. The molecule has 0 spiro atoms. The Bertz CT molecular complexity index is 901. The molecule has 0 aliphatic carbocycles. The maximum absolute atomic E-state index is 14.6. The van der Waals surface area contributed by atoms with Gasteiger partial charge in [-0.3, -0.25) is 4.79 Å². The normalized spacial score (nSPS) is 14.9. The first-order chi connectivity index (χ1) is 14.0. The Balaban J connectivity index is 1.66. The van der Waals surface area contributed by atoms with Crippen LogP contribution in [0.25, 0.3) is 6.08 Å². The predicted molar refractivity (Wildman–Crippen MR) is 112 cm³/mol. The zero-order valence-corrected chi connectivity index (χ0v) is 16.7. The van der Waals surface area contributed by atoms with Crippen LogP contribution in [-0.2, 0) is 4.74 Å². The van der Waals surface area contributed by atoms with Crippen molar-refractivity contribution in [2.75, 3.05) is 44.7 Å². The number of allylic oxidation sites excluding steroid dienone is 1. The fraction of sp³-hybridized carbons (Fsp3) is 0.304. The first kappa shape index (κ1) is 20.7. The van der Waals surface area contributed by atoms with Crippen molar-refractivity contribution >= 4 is 23.5 Å². The average molecular weight is 396 g/mol. The van der Waals surface area contributed by atoms with Crippen LogP contribution in [0.5, 0.6) is 0 Å². The van der Waals surface area contributed by atoms with Crippen molar-refractivity contribution in [1.82, 2.24) is 4.90 Å². The van der Waals surface area contributed by atoms with E-state index in [-0.39, 0.29) is 11.6 Å². The van der Waals surface area contributed by atoms with Crippen molar-refractivity contribution in [1.29, 1.82) is 0 Å². The maximum atomic E-state index is 14.6. The summed E-state index contributed by atoms with van der Waals surface area (Å²) in [6.45, 7) is 6.50. The Hall–Kier alpha value is -2.99. The molecule has 1 heterocycles. The van der Waals surface area contributed by atoms with Gasteiger partial charge < -0.3 is 14.5 Å². The van der Waals surface area contributed by atoms with Crippen LogP contribution in [0.4, 0.5) is 10.1 Å². The summed E-state index contributed by atoms with van der Waals surface area (Å²) in [5.74, 6) is -1.07. The summed E-state index contributed by atoms with van der Waals surface area (Å²) in [6, 6.07) is 11.3. The van der Waals surface area contributed by atoms with Crippen molar-refractivity contribution in [2.45, 2.75) is 6.92 Å². The van der Waals surface area contributed by atoms with Gasteiger partial charge in [-0.05, 0) is 48.5 Å². The molecule has 0 radical (unpaired) electrons. The van der Waals surface area contributed by atoms with E-state index in [1.165, 1.54) is 19.3 Å². The SMILES string of the molecule is CCN1CCN(c2ccc(C(=O)/C=C/c3ccc(C(=O)OC)cc3)cc2F)CC1. The minimum atomic E-state index is -0.414. The molecule has 1 aliphatic heterocycles. The Kier molecular flexibility index (Phi) is 6.77. The number of ether oxygens (including phenoxy) is 1. The molecule has 0 unspecified atom stereocenters. The highest BCUT2D eigenvalue weighted by Crippen LogP contribution is 2.22. The van der Waals surface area contributed by atoms with Crippen LogP contribution in [-0.4, -0.2) is 56.5 Å². The van der Waals surface area contributed by atoms with Gasteiger partial charge in [0.05, 0.1) is 18.4 Å². The lowest BCUT2D eigenvalue weighted by Gasteiger charge is -2.35. The fourth-order valence-electron chi connectivity index (χ4n) is 3.34. The monoisotopic (exact) mass is 396 g/mol. The van der Waals surface area contributed by atoms with E-state index in [1.54, 1.807) is 42.5 Å². The molecule has 0 N–H and O–H groups in total. The Morgan fingerprint density at radius 3 is 2.28 bits per heavy atom. The molecule has 6 heteroatoms. The number of piperazine rings is 1. The van der Waals surface area contributed by atoms with E-state index in [0.29, 0.717) is 16.8 Å². The van der Waals surface area contributed by atoms with Crippen LogP contribution < -0.4 is 4.90 Å². The third-order valence-electron chi connectivity index (χ3n) is 5.15. The maximum Gasteiger partial charge on any atom is 0.337 e. The van der Waals surface area contributed by atoms with Crippen molar-refractivity contribution < 1.29 is 18.7 Å². The number of likely N-dealkylation sites (N-methyl/N-ethyl adjacent to an activating group) is 1. The van der Waals surface area contributed by atoms with Crippen LogP contribution in [0.2, 0.25) is 0 Å². The number of hydrogen-bond donors (Lipinski definition) is 0. The standard InChI is InChI=1S/C23H25FN2O3/c1-3-25-12-14-26(15-13-25)21-10-9-19(16-20(21)24)22(27)11-6-17-4-7-18(8-5-17)23(28)29-2/h4-11,16H,3,12-15H2,1-2H3/b11-6+. The molecule has 2 aromatic carbocycles. The quantitative estimate of drug-likeness (QED) is 0.424. The van der Waals surface area contributed by atoms with Gasteiger partial charge in [-0.15, -0.1) is 0 Å². The second-order valence-electron chi connectivity index (χ2n) is 6.90. The van der Waals surface area contributed by atoms with Crippen molar-refractivity contribution in [3.63, 3.8) is 0 Å². The number of rotatable bonds is 6. The number of anilines is 1. The molecule has 5 nitrogen and oxygen atoms in total. The van der Waals surface area contributed by atoms with Crippen LogP contribution in [0.3, 0.4) is 0 Å². The van der Waals surface area contributed by atoms with E-state index < -0.39 is 5.97 Å². The van der Waals surface area contributed by atoms with Gasteiger partial charge in [0.2, 0.25) is 0 Å². The second kappa shape index (κ2) is 9.47. The summed E-state index contributed by atoms with van der Waals surface area (Å²) in [5.41, 5.74) is 2.05. The van der Waals surface area contributed by atoms with E-state index in [0.717, 1.165) is 38.3 Å². The number of nitrogens with zero attached hydrogens (tertiary/aromatic N) is 2. The van der Waals surface area contributed by atoms with Crippen molar-refractivity contribution in [2.24, 2.45) is 0 Å². The molecule has 0 atom stereocenters. The van der Waals surface area contributed by atoms with E-state index in [4.69, 9.17) is 0 Å². The van der Waals surface area contributed by atoms with Gasteiger partial charge in [-0.25, -0.2) is 9.18 Å². The summed E-state index contributed by atoms with van der Waals surface area (Å²) in [6.07, 6.45) is 3.04. The van der Waals surface area contributed by atoms with Crippen molar-refractivity contribution in [3.05, 3.63) is 71.0 Å². The number of ketones is 1. The lowest BCUT2D eigenvalue weighted by atomic mass is 10.1. The molecule has 2 aromatic rings. The van der Waals surface area contributed by atoms with Crippen LogP contribution in [0.15, 0.2) is 48.5 Å². The van der Waals surface area contributed by atoms with Crippen LogP contribution in [0.1, 0.15) is 33.2 Å². The summed E-state index contributed by atoms with van der Waals surface area (Å²) < 4.78 is 19.3. The predicted octanol–water partition coefficient (Wildman–Crippen LogP) is 3.65. The highest BCUT2D eigenvalue weighted by Gasteiger charge is 2.19. The highest BCUT2D eigenvalue weighted by atomic mass is 19.1. The number of carbonyl (C=O) groups is 2. The minimum absolute atomic E-state index is 0.275. The summed E-state index contributed by atoms with van der Waals surface area (Å²) in [7, 11) is 1.32. The molecule has 29 heavy (non-hydrogen) atoms. The van der Waals surface area contributed by atoms with Gasteiger partial charge in [0.15, 0.2) is 5.78 Å². The Labute approximate surface area is 170 Å². The third kappa shape index (κ3) is 5.09. The number of carbonyl (C=O) groups excluding carboxylic acids is 2. The number of hydrogen-bond acceptors (Lipinski definition) is 5. The van der Waals surface area contributed by atoms with Gasteiger partial charge in [-0.1, -0.05) is 25.1 Å². The number of methoxy groups -OCH3 is 1. The van der Waals surface area contributed by atoms with E-state index in [1.807, 2.05) is 4.90 Å². The molecule has 0 amide bonds. The lowest BCUT2D eigenvalue weighted by molar-refractivity contribution is 0.0600. The van der Waals surface area contributed by atoms with Crippen molar-refractivity contribution in [3.8, 4) is 0 Å². The zero-order valence-electron chi connectivity index (χ0n) is 16.7. The van der Waals surface area contributed by atoms with Gasteiger partial charge in [-0.2, -0.15) is 0 Å². The smallest absolute Gasteiger partial charge is 0.337 e. The van der Waals surface area contributed by atoms with Crippen LogP contribution >= 0.6 is 0 Å². The average Bonchev–Trinajstić information content (AvgIpc) is 2.77. The molecular weight excluding hydrogens is 371 g/mol. The summed E-state index contributed by atoms with van der Waals surface area (Å²) in [5, 5.41) is 0. The highest BCUT2D eigenvalue weighted by molar-refractivity contribution is 6.07. The van der Waals surface area contributed by atoms with Gasteiger partial charge in [0.25, 0.3) is 0 Å². The topological polar surface area (TPSA) is 49.9 Å². The molecule has 1 saturated heterocycles. The molecule has 1 aliphatic rings. The first-order valence-electron chi connectivity index (χ1n) is 9.69. The van der Waals surface area contributed by atoms with Crippen LogP contribution in [0, 0.1) is 5.82 Å². The first-order valence-corrected chi connectivity index (χ1v) is 9.69.